The second-order valence-electron chi connectivity index (χ2n) is 3.50. The molecule has 8 heteroatoms. The summed E-state index contributed by atoms with van der Waals surface area (Å²) in [7, 11) is -3.28. The first-order valence-electron chi connectivity index (χ1n) is 4.86. The quantitative estimate of drug-likeness (QED) is 0.729. The molecule has 0 heterocycles. The molecule has 7 nitrogen and oxygen atoms in total. The summed E-state index contributed by atoms with van der Waals surface area (Å²) in [6.45, 7) is -0.493. The molecule has 0 saturated carbocycles. The third kappa shape index (κ3) is 4.42. The monoisotopic (exact) mass is 272 g/mol. The average molecular weight is 272 g/mol. The molecule has 18 heavy (non-hydrogen) atoms. The number of rotatable bonds is 4. The maximum atomic E-state index is 11.2. The van der Waals surface area contributed by atoms with Crippen molar-refractivity contribution in [1.82, 2.24) is 5.32 Å². The minimum Gasteiger partial charge on any atom is -0.480 e. The Hall–Kier alpha value is -2.09. The van der Waals surface area contributed by atoms with E-state index in [9.17, 15) is 18.0 Å². The zero-order chi connectivity index (χ0) is 13.8. The molecule has 0 bridgehead atoms. The highest BCUT2D eigenvalue weighted by Crippen LogP contribution is 2.13. The van der Waals surface area contributed by atoms with Gasteiger partial charge < -0.3 is 15.7 Å². The third-order valence-corrected chi connectivity index (χ3v) is 3.07. The molecule has 0 aliphatic heterocycles. The predicted octanol–water partition coefficient (Wildman–Crippen LogP) is 0.296. The lowest BCUT2D eigenvalue weighted by molar-refractivity contribution is -0.135. The van der Waals surface area contributed by atoms with Crippen LogP contribution in [0.5, 0.6) is 0 Å². The molecule has 98 valence electrons. The Kier molecular flexibility index (Phi) is 4.27. The number of carboxylic acid groups (broad SMARTS) is 1. The van der Waals surface area contributed by atoms with Crippen molar-refractivity contribution >= 4 is 27.5 Å². The van der Waals surface area contributed by atoms with Crippen LogP contribution in [0.4, 0.5) is 10.5 Å². The van der Waals surface area contributed by atoms with Crippen molar-refractivity contribution in [2.75, 3.05) is 18.1 Å². The van der Waals surface area contributed by atoms with Crippen molar-refractivity contribution in [3.8, 4) is 0 Å². The summed E-state index contributed by atoms with van der Waals surface area (Å²) in [5.74, 6) is -1.16. The van der Waals surface area contributed by atoms with Crippen LogP contribution in [0.2, 0.25) is 0 Å². The summed E-state index contributed by atoms with van der Waals surface area (Å²) in [5.41, 5.74) is 0.366. The zero-order valence-corrected chi connectivity index (χ0v) is 10.3. The lowest BCUT2D eigenvalue weighted by Crippen LogP contribution is -2.33. The minimum absolute atomic E-state index is 0.138. The maximum absolute atomic E-state index is 11.2. The summed E-state index contributed by atoms with van der Waals surface area (Å²) < 4.78 is 22.4. The van der Waals surface area contributed by atoms with Crippen LogP contribution in [0.3, 0.4) is 0 Å². The number of hydrogen-bond acceptors (Lipinski definition) is 4. The lowest BCUT2D eigenvalue weighted by atomic mass is 10.3. The van der Waals surface area contributed by atoms with Crippen LogP contribution in [0.25, 0.3) is 0 Å². The molecule has 0 spiro atoms. The number of nitrogens with one attached hydrogen (secondary N) is 2. The van der Waals surface area contributed by atoms with Gasteiger partial charge in [-0.3, -0.25) is 4.79 Å². The number of anilines is 1. The molecule has 0 aliphatic rings. The van der Waals surface area contributed by atoms with Crippen molar-refractivity contribution in [3.05, 3.63) is 24.3 Å². The molecule has 1 aromatic rings. The van der Waals surface area contributed by atoms with E-state index in [0.717, 1.165) is 6.26 Å². The second kappa shape index (κ2) is 5.50. The molecule has 0 fully saturated rings. The van der Waals surface area contributed by atoms with Gasteiger partial charge in [0.25, 0.3) is 0 Å². The van der Waals surface area contributed by atoms with E-state index in [1.165, 1.54) is 24.3 Å². The molecule has 0 saturated heterocycles. The molecule has 0 aromatic heterocycles. The number of benzene rings is 1. The molecule has 2 amide bonds. The van der Waals surface area contributed by atoms with E-state index in [1.54, 1.807) is 0 Å². The molecule has 0 radical (unpaired) electrons. The van der Waals surface area contributed by atoms with Crippen molar-refractivity contribution in [1.29, 1.82) is 0 Å². The van der Waals surface area contributed by atoms with Gasteiger partial charge in [-0.1, -0.05) is 0 Å². The van der Waals surface area contributed by atoms with Gasteiger partial charge in [0.2, 0.25) is 0 Å². The Morgan fingerprint density at radius 1 is 1.22 bits per heavy atom. The van der Waals surface area contributed by atoms with Gasteiger partial charge in [0.15, 0.2) is 9.84 Å². The van der Waals surface area contributed by atoms with Gasteiger partial charge in [-0.25, -0.2) is 13.2 Å². The van der Waals surface area contributed by atoms with Gasteiger partial charge >= 0.3 is 12.0 Å². The summed E-state index contributed by atoms with van der Waals surface area (Å²) in [6.07, 6.45) is 1.08. The van der Waals surface area contributed by atoms with Gasteiger partial charge in [0, 0.05) is 11.9 Å². The van der Waals surface area contributed by atoms with Crippen molar-refractivity contribution < 1.29 is 23.1 Å². The fourth-order valence-electron chi connectivity index (χ4n) is 1.12. The smallest absolute Gasteiger partial charge is 0.323 e. The Labute approximate surface area is 104 Å². The first-order valence-corrected chi connectivity index (χ1v) is 6.75. The Bertz CT molecular complexity index is 550. The third-order valence-electron chi connectivity index (χ3n) is 1.94. The SMILES string of the molecule is CS(=O)(=O)c1ccc(NC(=O)NCC(=O)O)cc1. The van der Waals surface area contributed by atoms with Crippen LogP contribution in [0.1, 0.15) is 0 Å². The number of carbonyl (C=O) groups is 2. The number of urea groups is 1. The largest absolute Gasteiger partial charge is 0.480 e. The molecule has 0 atom stereocenters. The normalized spacial score (nSPS) is 10.7. The first kappa shape index (κ1) is 14.0. The van der Waals surface area contributed by atoms with E-state index in [2.05, 4.69) is 10.6 Å². The Morgan fingerprint density at radius 3 is 2.22 bits per heavy atom. The van der Waals surface area contributed by atoms with E-state index >= 15 is 0 Å². The highest BCUT2D eigenvalue weighted by atomic mass is 32.2. The van der Waals surface area contributed by atoms with Crippen LogP contribution < -0.4 is 10.6 Å². The van der Waals surface area contributed by atoms with Gasteiger partial charge in [-0.15, -0.1) is 0 Å². The van der Waals surface area contributed by atoms with Gasteiger partial charge in [0.1, 0.15) is 6.54 Å². The standard InChI is InChI=1S/C10H12N2O5S/c1-18(16,17)8-4-2-7(3-5-8)12-10(15)11-6-9(13)14/h2-5H,6H2,1H3,(H,13,14)(H2,11,12,15). The zero-order valence-electron chi connectivity index (χ0n) is 9.50. The highest BCUT2D eigenvalue weighted by Gasteiger charge is 2.07. The van der Waals surface area contributed by atoms with Crippen molar-refractivity contribution in [2.24, 2.45) is 0 Å². The second-order valence-corrected chi connectivity index (χ2v) is 5.51. The van der Waals surface area contributed by atoms with Crippen LogP contribution in [-0.4, -0.2) is 38.3 Å². The Morgan fingerprint density at radius 2 is 1.78 bits per heavy atom. The van der Waals surface area contributed by atoms with Crippen molar-refractivity contribution in [2.45, 2.75) is 4.90 Å². The summed E-state index contributed by atoms with van der Waals surface area (Å²) in [6, 6.07) is 4.85. The average Bonchev–Trinajstić information content (AvgIpc) is 2.26. The van der Waals surface area contributed by atoms with E-state index in [0.29, 0.717) is 5.69 Å². The van der Waals surface area contributed by atoms with E-state index in [-0.39, 0.29) is 4.90 Å². The Balaban J connectivity index is 2.64. The molecule has 1 rings (SSSR count). The highest BCUT2D eigenvalue weighted by molar-refractivity contribution is 7.90. The molecule has 1 aromatic carbocycles. The summed E-state index contributed by atoms with van der Waals surface area (Å²) in [5, 5.41) is 12.8. The van der Waals surface area contributed by atoms with E-state index in [4.69, 9.17) is 5.11 Å². The van der Waals surface area contributed by atoms with Crippen LogP contribution >= 0.6 is 0 Å². The summed E-state index contributed by atoms with van der Waals surface area (Å²) >= 11 is 0. The number of carboxylic acids is 1. The van der Waals surface area contributed by atoms with E-state index in [1.807, 2.05) is 0 Å². The topological polar surface area (TPSA) is 113 Å². The van der Waals surface area contributed by atoms with Crippen LogP contribution in [0.15, 0.2) is 29.2 Å². The molecular formula is C10H12N2O5S. The van der Waals surface area contributed by atoms with Gasteiger partial charge in [-0.05, 0) is 24.3 Å². The molecule has 3 N–H and O–H groups in total. The molecule has 0 aliphatic carbocycles. The number of sulfone groups is 1. The predicted molar refractivity (Wildman–Crippen MR) is 64.2 cm³/mol. The maximum Gasteiger partial charge on any atom is 0.323 e. The van der Waals surface area contributed by atoms with Gasteiger partial charge in [-0.2, -0.15) is 0 Å². The van der Waals surface area contributed by atoms with Crippen LogP contribution in [0, 0.1) is 0 Å². The number of carbonyl (C=O) groups excluding carboxylic acids is 1. The minimum atomic E-state index is -3.28. The number of hydrogen-bond donors (Lipinski definition) is 3. The fraction of sp³-hybridized carbons (Fsp3) is 0.200. The van der Waals surface area contributed by atoms with Crippen LogP contribution in [-0.2, 0) is 14.6 Å². The lowest BCUT2D eigenvalue weighted by Gasteiger charge is -2.06. The van der Waals surface area contributed by atoms with Gasteiger partial charge in [0.05, 0.1) is 4.90 Å². The molecule has 0 unspecified atom stereocenters. The number of amides is 2. The summed E-state index contributed by atoms with van der Waals surface area (Å²) in [4.78, 5) is 21.5. The fourth-order valence-corrected chi connectivity index (χ4v) is 1.75. The number of aliphatic carboxylic acids is 1. The first-order chi connectivity index (χ1) is 8.29. The molecular weight excluding hydrogens is 260 g/mol. The van der Waals surface area contributed by atoms with E-state index < -0.39 is 28.4 Å². The van der Waals surface area contributed by atoms with Crippen molar-refractivity contribution in [3.63, 3.8) is 0 Å².